The summed E-state index contributed by atoms with van der Waals surface area (Å²) in [6.07, 6.45) is 0. The van der Waals surface area contributed by atoms with E-state index in [1.807, 2.05) is 32.5 Å². The van der Waals surface area contributed by atoms with Crippen LogP contribution in [0.3, 0.4) is 0 Å². The number of carbonyl (C=O) groups excluding carboxylic acids is 1. The van der Waals surface area contributed by atoms with Crippen molar-refractivity contribution in [3.8, 4) is 5.75 Å². The minimum atomic E-state index is -0.266. The highest BCUT2D eigenvalue weighted by atomic mass is 35.5. The number of carbonyl (C=O) groups is 1. The molecule has 0 radical (unpaired) electrons. The Morgan fingerprint density at radius 1 is 1.41 bits per heavy atom. The molecule has 0 bridgehead atoms. The Bertz CT molecular complexity index is 710. The first-order valence-electron chi connectivity index (χ1n) is 7.00. The van der Waals surface area contributed by atoms with Crippen molar-refractivity contribution in [2.75, 3.05) is 7.11 Å². The van der Waals surface area contributed by atoms with Crippen LogP contribution in [-0.4, -0.2) is 22.8 Å². The number of hydrogen-bond acceptors (Lipinski definition) is 3. The first kappa shape index (κ1) is 16.4. The van der Waals surface area contributed by atoms with Gasteiger partial charge in [-0.3, -0.25) is 9.48 Å². The fraction of sp³-hybridized carbons (Fsp3) is 0.375. The molecule has 0 fully saturated rings. The van der Waals surface area contributed by atoms with Crippen LogP contribution in [0, 0.1) is 13.8 Å². The molecule has 0 aliphatic rings. The fourth-order valence-electron chi connectivity index (χ4n) is 2.65. The van der Waals surface area contributed by atoms with Crippen molar-refractivity contribution in [1.29, 1.82) is 0 Å². The molecule has 0 aliphatic carbocycles. The smallest absolute Gasteiger partial charge is 0.257 e. The third-order valence-corrected chi connectivity index (χ3v) is 4.08. The maximum Gasteiger partial charge on any atom is 0.257 e. The number of halogens is 1. The minimum Gasteiger partial charge on any atom is -0.496 e. The van der Waals surface area contributed by atoms with E-state index in [0.29, 0.717) is 16.3 Å². The third kappa shape index (κ3) is 2.95. The summed E-state index contributed by atoms with van der Waals surface area (Å²) in [4.78, 5) is 12.6. The van der Waals surface area contributed by atoms with Crippen LogP contribution in [0.5, 0.6) is 5.75 Å². The van der Waals surface area contributed by atoms with Gasteiger partial charge in [0, 0.05) is 18.3 Å². The molecule has 1 aromatic heterocycles. The van der Waals surface area contributed by atoms with Crippen LogP contribution >= 0.6 is 11.6 Å². The van der Waals surface area contributed by atoms with Gasteiger partial charge >= 0.3 is 0 Å². The summed E-state index contributed by atoms with van der Waals surface area (Å²) in [6, 6.07) is 4.95. The molecule has 1 amide bonds. The monoisotopic (exact) mass is 321 g/mol. The Hall–Kier alpha value is -2.01. The molecule has 2 rings (SSSR count). The maximum atomic E-state index is 12.6. The normalized spacial score (nSPS) is 12.1. The molecule has 0 unspecified atom stereocenters. The number of hydrogen-bond donors (Lipinski definition) is 1. The van der Waals surface area contributed by atoms with Gasteiger partial charge in [0.15, 0.2) is 0 Å². The van der Waals surface area contributed by atoms with E-state index < -0.39 is 0 Å². The molecule has 0 saturated carbocycles. The van der Waals surface area contributed by atoms with Gasteiger partial charge < -0.3 is 10.1 Å². The van der Waals surface area contributed by atoms with Crippen molar-refractivity contribution in [2.24, 2.45) is 7.05 Å². The number of aryl methyl sites for hydroxylation is 2. The van der Waals surface area contributed by atoms with Crippen molar-refractivity contribution >= 4 is 17.5 Å². The lowest BCUT2D eigenvalue weighted by Gasteiger charge is -2.17. The van der Waals surface area contributed by atoms with Crippen LogP contribution in [0.4, 0.5) is 0 Å². The summed E-state index contributed by atoms with van der Waals surface area (Å²) in [6.45, 7) is 5.84. The van der Waals surface area contributed by atoms with E-state index in [9.17, 15) is 4.79 Å². The summed E-state index contributed by atoms with van der Waals surface area (Å²) in [5, 5.41) is 7.71. The lowest BCUT2D eigenvalue weighted by molar-refractivity contribution is 0.0937. The lowest BCUT2D eigenvalue weighted by Crippen LogP contribution is -2.28. The molecule has 0 spiro atoms. The quantitative estimate of drug-likeness (QED) is 0.941. The molecule has 118 valence electrons. The van der Waals surface area contributed by atoms with Gasteiger partial charge in [-0.1, -0.05) is 17.7 Å². The van der Waals surface area contributed by atoms with Crippen LogP contribution in [0.1, 0.15) is 40.3 Å². The summed E-state index contributed by atoms with van der Waals surface area (Å²) >= 11 is 6.14. The highest BCUT2D eigenvalue weighted by Gasteiger charge is 2.22. The molecular formula is C16H20ClN3O2. The predicted octanol–water partition coefficient (Wildman–Crippen LogP) is 3.19. The number of amides is 1. The molecule has 1 N–H and O–H groups in total. The number of benzene rings is 1. The Balaban J connectivity index is 2.29. The van der Waals surface area contributed by atoms with Gasteiger partial charge in [-0.05, 0) is 32.9 Å². The van der Waals surface area contributed by atoms with Crippen molar-refractivity contribution < 1.29 is 9.53 Å². The zero-order valence-corrected chi connectivity index (χ0v) is 14.2. The van der Waals surface area contributed by atoms with Crippen molar-refractivity contribution in [2.45, 2.75) is 26.8 Å². The second-order valence-corrected chi connectivity index (χ2v) is 5.63. The summed E-state index contributed by atoms with van der Waals surface area (Å²) in [5.41, 5.74) is 3.29. The summed E-state index contributed by atoms with van der Waals surface area (Å²) < 4.78 is 7.03. The van der Waals surface area contributed by atoms with E-state index in [2.05, 4.69) is 10.4 Å². The van der Waals surface area contributed by atoms with Crippen molar-refractivity contribution in [3.63, 3.8) is 0 Å². The number of ether oxygens (including phenoxy) is 1. The maximum absolute atomic E-state index is 12.6. The highest BCUT2D eigenvalue weighted by Crippen LogP contribution is 2.27. The van der Waals surface area contributed by atoms with Gasteiger partial charge in [0.1, 0.15) is 5.75 Å². The first-order chi connectivity index (χ1) is 10.4. The van der Waals surface area contributed by atoms with Crippen LogP contribution in [-0.2, 0) is 7.05 Å². The molecule has 5 nitrogen and oxygen atoms in total. The summed E-state index contributed by atoms with van der Waals surface area (Å²) in [5.74, 6) is 0.189. The SMILES string of the molecule is COc1cccc(Cl)c1C(=O)N[C@@H](C)c1c(C)nn(C)c1C. The third-order valence-electron chi connectivity index (χ3n) is 3.77. The molecular weight excluding hydrogens is 302 g/mol. The van der Waals surface area contributed by atoms with Crippen LogP contribution in [0.15, 0.2) is 18.2 Å². The molecule has 6 heteroatoms. The number of methoxy groups -OCH3 is 1. The second kappa shape index (κ2) is 6.40. The lowest BCUT2D eigenvalue weighted by atomic mass is 10.1. The summed E-state index contributed by atoms with van der Waals surface area (Å²) in [7, 11) is 3.40. The van der Waals surface area contributed by atoms with E-state index in [1.54, 1.807) is 18.2 Å². The molecule has 1 heterocycles. The Morgan fingerprint density at radius 2 is 2.09 bits per heavy atom. The van der Waals surface area contributed by atoms with E-state index >= 15 is 0 Å². The van der Waals surface area contributed by atoms with Gasteiger partial charge in [0.2, 0.25) is 0 Å². The number of aromatic nitrogens is 2. The number of nitrogens with zero attached hydrogens (tertiary/aromatic N) is 2. The van der Waals surface area contributed by atoms with Gasteiger partial charge in [-0.25, -0.2) is 0 Å². The standard InChI is InChI=1S/C16H20ClN3O2/c1-9(14-10(2)19-20(4)11(14)3)18-16(21)15-12(17)7-6-8-13(15)22-5/h6-9H,1-5H3,(H,18,21)/t9-/m0/s1. The average Bonchev–Trinajstić information content (AvgIpc) is 2.71. The first-order valence-corrected chi connectivity index (χ1v) is 7.38. The number of rotatable bonds is 4. The molecule has 1 aromatic carbocycles. The predicted molar refractivity (Wildman–Crippen MR) is 86.6 cm³/mol. The average molecular weight is 322 g/mol. The van der Waals surface area contributed by atoms with E-state index in [1.165, 1.54) is 7.11 Å². The Labute approximate surface area is 135 Å². The number of nitrogens with one attached hydrogen (secondary N) is 1. The van der Waals surface area contributed by atoms with E-state index in [4.69, 9.17) is 16.3 Å². The van der Waals surface area contributed by atoms with Gasteiger partial charge in [0.25, 0.3) is 5.91 Å². The Morgan fingerprint density at radius 3 is 2.64 bits per heavy atom. The van der Waals surface area contributed by atoms with E-state index in [0.717, 1.165) is 17.0 Å². The molecule has 0 aliphatic heterocycles. The highest BCUT2D eigenvalue weighted by molar-refractivity contribution is 6.34. The molecule has 22 heavy (non-hydrogen) atoms. The fourth-order valence-corrected chi connectivity index (χ4v) is 2.90. The molecule has 2 aromatic rings. The molecule has 0 saturated heterocycles. The van der Waals surface area contributed by atoms with Gasteiger partial charge in [-0.15, -0.1) is 0 Å². The van der Waals surface area contributed by atoms with Gasteiger partial charge in [-0.2, -0.15) is 5.10 Å². The van der Waals surface area contributed by atoms with E-state index in [-0.39, 0.29) is 11.9 Å². The largest absolute Gasteiger partial charge is 0.496 e. The van der Waals surface area contributed by atoms with Crippen LogP contribution in [0.2, 0.25) is 5.02 Å². The topological polar surface area (TPSA) is 56.1 Å². The minimum absolute atomic E-state index is 0.179. The van der Waals surface area contributed by atoms with Crippen LogP contribution in [0.25, 0.3) is 0 Å². The zero-order chi connectivity index (χ0) is 16.4. The second-order valence-electron chi connectivity index (χ2n) is 5.22. The van der Waals surface area contributed by atoms with Gasteiger partial charge in [0.05, 0.1) is 29.4 Å². The Kier molecular flexibility index (Phi) is 4.76. The van der Waals surface area contributed by atoms with Crippen molar-refractivity contribution in [1.82, 2.24) is 15.1 Å². The molecule has 1 atom stereocenters. The zero-order valence-electron chi connectivity index (χ0n) is 13.4. The van der Waals surface area contributed by atoms with Crippen LogP contribution < -0.4 is 10.1 Å². The van der Waals surface area contributed by atoms with Crippen molar-refractivity contribution in [3.05, 3.63) is 45.7 Å².